The normalized spacial score (nSPS) is 14.8. The summed E-state index contributed by atoms with van der Waals surface area (Å²) in [6.45, 7) is 6.81. The summed E-state index contributed by atoms with van der Waals surface area (Å²) < 4.78 is 10.2. The molecule has 0 aromatic carbocycles. The third kappa shape index (κ3) is 9.35. The molecular weight excluding hydrogens is 244 g/mol. The second kappa shape index (κ2) is 11.6. The molecule has 1 unspecified atom stereocenters. The van der Waals surface area contributed by atoms with Crippen molar-refractivity contribution in [3.05, 3.63) is 0 Å². The highest BCUT2D eigenvalue weighted by Gasteiger charge is 2.20. The molecule has 19 heavy (non-hydrogen) atoms. The Morgan fingerprint density at radius 1 is 1.05 bits per heavy atom. The van der Waals surface area contributed by atoms with E-state index in [2.05, 4.69) is 17.1 Å². The maximum absolute atomic E-state index is 9.35. The van der Waals surface area contributed by atoms with Gasteiger partial charge in [-0.05, 0) is 39.8 Å². The summed E-state index contributed by atoms with van der Waals surface area (Å²) in [5.41, 5.74) is -0.167. The predicted octanol–water partition coefficient (Wildman–Crippen LogP) is 0.722. The van der Waals surface area contributed by atoms with E-state index in [9.17, 15) is 5.11 Å². The molecule has 0 aromatic rings. The molecule has 0 spiro atoms. The van der Waals surface area contributed by atoms with Gasteiger partial charge in [0.25, 0.3) is 0 Å². The van der Waals surface area contributed by atoms with Crippen LogP contribution in [0.1, 0.15) is 26.2 Å². The molecule has 0 fully saturated rings. The standard InChI is InChI=1S/C14H32N2O3/c1-14(13-17,15-2)7-5-8-16(10-12-19-4)9-6-11-18-3/h15,17H,5-13H2,1-4H3. The van der Waals surface area contributed by atoms with Gasteiger partial charge in [0.15, 0.2) is 0 Å². The molecule has 0 aliphatic rings. The van der Waals surface area contributed by atoms with E-state index in [1.807, 2.05) is 7.05 Å². The van der Waals surface area contributed by atoms with Crippen LogP contribution in [0.3, 0.4) is 0 Å². The van der Waals surface area contributed by atoms with Crippen LogP contribution in [0, 0.1) is 0 Å². The Morgan fingerprint density at radius 2 is 1.68 bits per heavy atom. The maximum Gasteiger partial charge on any atom is 0.0610 e. The number of hydrogen-bond acceptors (Lipinski definition) is 5. The summed E-state index contributed by atoms with van der Waals surface area (Å²) >= 11 is 0. The van der Waals surface area contributed by atoms with E-state index in [0.717, 1.165) is 52.1 Å². The van der Waals surface area contributed by atoms with Crippen molar-refractivity contribution in [2.24, 2.45) is 0 Å². The molecule has 0 heterocycles. The molecule has 5 heteroatoms. The first-order valence-electron chi connectivity index (χ1n) is 7.12. The Kier molecular flexibility index (Phi) is 11.5. The number of methoxy groups -OCH3 is 2. The van der Waals surface area contributed by atoms with Gasteiger partial charge in [0.1, 0.15) is 0 Å². The Hall–Kier alpha value is -0.200. The smallest absolute Gasteiger partial charge is 0.0610 e. The molecule has 0 saturated carbocycles. The minimum absolute atomic E-state index is 0.167. The molecule has 116 valence electrons. The number of nitrogens with zero attached hydrogens (tertiary/aromatic N) is 1. The first-order valence-corrected chi connectivity index (χ1v) is 7.12. The van der Waals surface area contributed by atoms with Crippen LogP contribution in [0.4, 0.5) is 0 Å². The van der Waals surface area contributed by atoms with Crippen LogP contribution in [0.2, 0.25) is 0 Å². The van der Waals surface area contributed by atoms with Crippen molar-refractivity contribution in [1.29, 1.82) is 0 Å². The fraction of sp³-hybridized carbons (Fsp3) is 1.00. The highest BCUT2D eigenvalue weighted by molar-refractivity contribution is 4.80. The van der Waals surface area contributed by atoms with Crippen molar-refractivity contribution in [3.8, 4) is 0 Å². The van der Waals surface area contributed by atoms with E-state index in [1.54, 1.807) is 14.2 Å². The Balaban J connectivity index is 3.95. The van der Waals surface area contributed by atoms with Gasteiger partial charge in [-0.15, -0.1) is 0 Å². The van der Waals surface area contributed by atoms with Crippen molar-refractivity contribution < 1.29 is 14.6 Å². The van der Waals surface area contributed by atoms with E-state index in [1.165, 1.54) is 0 Å². The number of ether oxygens (including phenoxy) is 2. The van der Waals surface area contributed by atoms with Crippen LogP contribution in [-0.4, -0.2) is 76.3 Å². The van der Waals surface area contributed by atoms with Gasteiger partial charge >= 0.3 is 0 Å². The molecule has 5 nitrogen and oxygen atoms in total. The van der Waals surface area contributed by atoms with Crippen LogP contribution in [0.25, 0.3) is 0 Å². The highest BCUT2D eigenvalue weighted by Crippen LogP contribution is 2.11. The first-order chi connectivity index (χ1) is 9.11. The van der Waals surface area contributed by atoms with Crippen molar-refractivity contribution >= 4 is 0 Å². The average molecular weight is 276 g/mol. The van der Waals surface area contributed by atoms with Crippen molar-refractivity contribution in [2.45, 2.75) is 31.7 Å². The topological polar surface area (TPSA) is 54.0 Å². The van der Waals surface area contributed by atoms with Gasteiger partial charge in [-0.3, -0.25) is 0 Å². The molecule has 0 aliphatic carbocycles. The largest absolute Gasteiger partial charge is 0.394 e. The molecule has 0 saturated heterocycles. The lowest BCUT2D eigenvalue weighted by atomic mass is 9.97. The number of likely N-dealkylation sites (N-methyl/N-ethyl adjacent to an activating group) is 1. The second-order valence-corrected chi connectivity index (χ2v) is 5.25. The van der Waals surface area contributed by atoms with Crippen molar-refractivity contribution in [3.63, 3.8) is 0 Å². The van der Waals surface area contributed by atoms with E-state index < -0.39 is 0 Å². The van der Waals surface area contributed by atoms with Gasteiger partial charge in [0, 0.05) is 39.5 Å². The Morgan fingerprint density at radius 3 is 2.21 bits per heavy atom. The van der Waals surface area contributed by atoms with E-state index in [-0.39, 0.29) is 12.1 Å². The quantitative estimate of drug-likeness (QED) is 0.486. The van der Waals surface area contributed by atoms with Crippen molar-refractivity contribution in [1.82, 2.24) is 10.2 Å². The predicted molar refractivity (Wildman–Crippen MR) is 78.6 cm³/mol. The zero-order valence-corrected chi connectivity index (χ0v) is 13.1. The van der Waals surface area contributed by atoms with Crippen LogP contribution < -0.4 is 5.32 Å². The summed E-state index contributed by atoms with van der Waals surface area (Å²) in [6.07, 6.45) is 3.08. The summed E-state index contributed by atoms with van der Waals surface area (Å²) in [5.74, 6) is 0. The molecule has 0 radical (unpaired) electrons. The molecule has 0 bridgehead atoms. The summed E-state index contributed by atoms with van der Waals surface area (Å²) in [4.78, 5) is 2.40. The SMILES string of the molecule is CNC(C)(CO)CCCN(CCCOC)CCOC. The third-order valence-electron chi connectivity index (χ3n) is 3.59. The fourth-order valence-corrected chi connectivity index (χ4v) is 1.96. The lowest BCUT2D eigenvalue weighted by molar-refractivity contribution is 0.125. The number of rotatable bonds is 13. The van der Waals surface area contributed by atoms with Crippen LogP contribution >= 0.6 is 0 Å². The fourth-order valence-electron chi connectivity index (χ4n) is 1.96. The number of aliphatic hydroxyl groups is 1. The average Bonchev–Trinajstić information content (AvgIpc) is 2.44. The summed E-state index contributed by atoms with van der Waals surface area (Å²) in [7, 11) is 5.37. The molecular formula is C14H32N2O3. The molecule has 0 aliphatic heterocycles. The molecule has 0 amide bonds. The highest BCUT2D eigenvalue weighted by atomic mass is 16.5. The molecule has 2 N–H and O–H groups in total. The minimum Gasteiger partial charge on any atom is -0.394 e. The lowest BCUT2D eigenvalue weighted by Crippen LogP contribution is -2.44. The van der Waals surface area contributed by atoms with Gasteiger partial charge in [-0.2, -0.15) is 0 Å². The van der Waals surface area contributed by atoms with Gasteiger partial charge in [0.05, 0.1) is 13.2 Å². The molecule has 0 rings (SSSR count). The number of nitrogens with one attached hydrogen (secondary N) is 1. The number of hydrogen-bond donors (Lipinski definition) is 2. The summed E-state index contributed by atoms with van der Waals surface area (Å²) in [5, 5.41) is 12.5. The van der Waals surface area contributed by atoms with Gasteiger partial charge in [-0.1, -0.05) is 0 Å². The van der Waals surface area contributed by atoms with Crippen LogP contribution in [-0.2, 0) is 9.47 Å². The van der Waals surface area contributed by atoms with Gasteiger partial charge in [0.2, 0.25) is 0 Å². The van der Waals surface area contributed by atoms with Gasteiger partial charge < -0.3 is 24.8 Å². The van der Waals surface area contributed by atoms with Crippen LogP contribution in [0.5, 0.6) is 0 Å². The second-order valence-electron chi connectivity index (χ2n) is 5.25. The zero-order valence-electron chi connectivity index (χ0n) is 13.1. The van der Waals surface area contributed by atoms with Crippen LogP contribution in [0.15, 0.2) is 0 Å². The Bertz CT molecular complexity index is 199. The Labute approximate surface area is 118 Å². The first kappa shape index (κ1) is 18.8. The van der Waals surface area contributed by atoms with E-state index >= 15 is 0 Å². The monoisotopic (exact) mass is 276 g/mol. The van der Waals surface area contributed by atoms with Gasteiger partial charge in [-0.25, -0.2) is 0 Å². The number of aliphatic hydroxyl groups excluding tert-OH is 1. The molecule has 1 atom stereocenters. The van der Waals surface area contributed by atoms with Crippen molar-refractivity contribution in [2.75, 3.05) is 60.7 Å². The minimum atomic E-state index is -0.167. The lowest BCUT2D eigenvalue weighted by Gasteiger charge is -2.28. The zero-order chi connectivity index (χ0) is 14.6. The van der Waals surface area contributed by atoms with E-state index in [4.69, 9.17) is 9.47 Å². The van der Waals surface area contributed by atoms with E-state index in [0.29, 0.717) is 0 Å². The summed E-state index contributed by atoms with van der Waals surface area (Å²) in [6, 6.07) is 0. The molecule has 0 aromatic heterocycles. The third-order valence-corrected chi connectivity index (χ3v) is 3.59. The maximum atomic E-state index is 9.35.